The van der Waals surface area contributed by atoms with Crippen molar-refractivity contribution in [2.45, 2.75) is 24.9 Å². The molecule has 2 atom stereocenters. The van der Waals surface area contributed by atoms with E-state index in [2.05, 4.69) is 5.32 Å². The van der Waals surface area contributed by atoms with Gasteiger partial charge < -0.3 is 15.2 Å². The lowest BCUT2D eigenvalue weighted by molar-refractivity contribution is -0.123. The monoisotopic (exact) mass is 325 g/mol. The normalized spacial score (nSPS) is 16.2. The summed E-state index contributed by atoms with van der Waals surface area (Å²) in [4.78, 5) is 12.6. The Balaban J connectivity index is 1.63. The van der Waals surface area contributed by atoms with E-state index in [-0.39, 0.29) is 18.4 Å². The van der Waals surface area contributed by atoms with E-state index in [1.54, 1.807) is 13.2 Å². The summed E-state index contributed by atoms with van der Waals surface area (Å²) in [6, 6.07) is 17.1. The molecule has 2 aromatic rings. The zero-order valence-corrected chi connectivity index (χ0v) is 13.8. The van der Waals surface area contributed by atoms with Gasteiger partial charge in [-0.3, -0.25) is 4.79 Å². The molecule has 0 heterocycles. The van der Waals surface area contributed by atoms with E-state index in [0.29, 0.717) is 11.7 Å². The summed E-state index contributed by atoms with van der Waals surface area (Å²) in [5.41, 5.74) is 1.78. The number of methoxy groups -OCH3 is 1. The molecule has 24 heavy (non-hydrogen) atoms. The summed E-state index contributed by atoms with van der Waals surface area (Å²) in [6.07, 6.45) is 1.43. The van der Waals surface area contributed by atoms with Crippen LogP contribution >= 0.6 is 0 Å². The van der Waals surface area contributed by atoms with Gasteiger partial charge >= 0.3 is 0 Å². The SMILES string of the molecule is COc1cccc(C(O)CNC(=O)C(c2ccccc2)C2CC2)c1. The number of nitrogens with one attached hydrogen (secondary N) is 1. The molecule has 0 aliphatic heterocycles. The second kappa shape index (κ2) is 7.49. The second-order valence-electron chi connectivity index (χ2n) is 6.26. The Labute approximate surface area is 142 Å². The Bertz CT molecular complexity index is 682. The van der Waals surface area contributed by atoms with Crippen LogP contribution in [0.5, 0.6) is 5.75 Å². The fraction of sp³-hybridized carbons (Fsp3) is 0.350. The molecule has 1 fully saturated rings. The molecule has 2 N–H and O–H groups in total. The highest BCUT2D eigenvalue weighted by molar-refractivity contribution is 5.84. The highest BCUT2D eigenvalue weighted by Gasteiger charge is 2.37. The number of hydrogen-bond donors (Lipinski definition) is 2. The molecule has 0 spiro atoms. The summed E-state index contributed by atoms with van der Waals surface area (Å²) in [7, 11) is 1.59. The van der Waals surface area contributed by atoms with Crippen LogP contribution in [0.1, 0.15) is 36.0 Å². The number of aliphatic hydroxyl groups excluding tert-OH is 1. The first kappa shape index (κ1) is 16.5. The number of aliphatic hydroxyl groups is 1. The molecule has 1 aliphatic carbocycles. The van der Waals surface area contributed by atoms with E-state index in [0.717, 1.165) is 24.0 Å². The van der Waals surface area contributed by atoms with Gasteiger partial charge in [0.2, 0.25) is 5.91 Å². The summed E-state index contributed by atoms with van der Waals surface area (Å²) in [6.45, 7) is 0.196. The predicted octanol–water partition coefficient (Wildman–Crippen LogP) is 3.04. The number of carbonyl (C=O) groups is 1. The van der Waals surface area contributed by atoms with Crippen LogP contribution < -0.4 is 10.1 Å². The zero-order chi connectivity index (χ0) is 16.9. The van der Waals surface area contributed by atoms with Crippen LogP contribution in [-0.2, 0) is 4.79 Å². The fourth-order valence-electron chi connectivity index (χ4n) is 3.00. The summed E-state index contributed by atoms with van der Waals surface area (Å²) >= 11 is 0. The maximum absolute atomic E-state index is 12.6. The Morgan fingerprint density at radius 1 is 1.17 bits per heavy atom. The Morgan fingerprint density at radius 3 is 2.54 bits per heavy atom. The standard InChI is InChI=1S/C20H23NO3/c1-24-17-9-5-8-16(12-17)18(22)13-21-20(23)19(15-10-11-15)14-6-3-2-4-7-14/h2-9,12,15,18-19,22H,10-11,13H2,1H3,(H,21,23). The molecule has 126 valence electrons. The third-order valence-corrected chi connectivity index (χ3v) is 4.48. The van der Waals surface area contributed by atoms with Gasteiger partial charge in [0.15, 0.2) is 0 Å². The molecule has 0 bridgehead atoms. The minimum atomic E-state index is -0.750. The average Bonchev–Trinajstić information content (AvgIpc) is 3.45. The molecule has 1 aliphatic rings. The van der Waals surface area contributed by atoms with Gasteiger partial charge in [-0.2, -0.15) is 0 Å². The van der Waals surface area contributed by atoms with Crippen molar-refractivity contribution in [3.8, 4) is 5.75 Å². The van der Waals surface area contributed by atoms with Crippen molar-refractivity contribution in [1.82, 2.24) is 5.32 Å². The van der Waals surface area contributed by atoms with E-state index < -0.39 is 6.10 Å². The molecule has 0 aromatic heterocycles. The number of amides is 1. The van der Waals surface area contributed by atoms with Crippen molar-refractivity contribution in [1.29, 1.82) is 0 Å². The maximum Gasteiger partial charge on any atom is 0.227 e. The first-order valence-electron chi connectivity index (χ1n) is 8.33. The van der Waals surface area contributed by atoms with Crippen molar-refractivity contribution in [2.75, 3.05) is 13.7 Å². The van der Waals surface area contributed by atoms with Crippen LogP contribution in [0.4, 0.5) is 0 Å². The molecule has 1 saturated carbocycles. The highest BCUT2D eigenvalue weighted by atomic mass is 16.5. The number of benzene rings is 2. The summed E-state index contributed by atoms with van der Waals surface area (Å²) in [5.74, 6) is 0.980. The second-order valence-corrected chi connectivity index (χ2v) is 6.26. The third-order valence-electron chi connectivity index (χ3n) is 4.48. The third kappa shape index (κ3) is 3.95. The van der Waals surface area contributed by atoms with E-state index >= 15 is 0 Å². The topological polar surface area (TPSA) is 58.6 Å². The molecule has 1 amide bonds. The van der Waals surface area contributed by atoms with Crippen LogP contribution in [-0.4, -0.2) is 24.7 Å². The van der Waals surface area contributed by atoms with E-state index in [4.69, 9.17) is 4.74 Å². The van der Waals surface area contributed by atoms with Crippen molar-refractivity contribution in [3.05, 3.63) is 65.7 Å². The first-order chi connectivity index (χ1) is 11.7. The molecule has 4 heteroatoms. The zero-order valence-electron chi connectivity index (χ0n) is 13.8. The highest BCUT2D eigenvalue weighted by Crippen LogP contribution is 2.42. The first-order valence-corrected chi connectivity index (χ1v) is 8.33. The minimum Gasteiger partial charge on any atom is -0.497 e. The van der Waals surface area contributed by atoms with E-state index in [9.17, 15) is 9.90 Å². The number of hydrogen-bond acceptors (Lipinski definition) is 3. The smallest absolute Gasteiger partial charge is 0.227 e. The minimum absolute atomic E-state index is 0.00866. The predicted molar refractivity (Wildman–Crippen MR) is 92.9 cm³/mol. The number of ether oxygens (including phenoxy) is 1. The molecule has 0 saturated heterocycles. The van der Waals surface area contributed by atoms with Crippen LogP contribution in [0.3, 0.4) is 0 Å². The van der Waals surface area contributed by atoms with Gasteiger partial charge in [-0.05, 0) is 42.0 Å². The largest absolute Gasteiger partial charge is 0.497 e. The van der Waals surface area contributed by atoms with E-state index in [1.807, 2.05) is 48.5 Å². The van der Waals surface area contributed by atoms with E-state index in [1.165, 1.54) is 0 Å². The van der Waals surface area contributed by atoms with Gasteiger partial charge in [0.1, 0.15) is 5.75 Å². The molecule has 0 radical (unpaired) electrons. The molecule has 2 aromatic carbocycles. The molecule has 4 nitrogen and oxygen atoms in total. The average molecular weight is 325 g/mol. The van der Waals surface area contributed by atoms with Gasteiger partial charge in [0.05, 0.1) is 19.1 Å². The van der Waals surface area contributed by atoms with Gasteiger partial charge in [-0.25, -0.2) is 0 Å². The number of rotatable bonds is 7. The molecule has 3 rings (SSSR count). The maximum atomic E-state index is 12.6. The quantitative estimate of drug-likeness (QED) is 0.822. The number of carbonyl (C=O) groups excluding carboxylic acids is 1. The lowest BCUT2D eigenvalue weighted by Crippen LogP contribution is -2.33. The van der Waals surface area contributed by atoms with Crippen LogP contribution in [0.15, 0.2) is 54.6 Å². The Morgan fingerprint density at radius 2 is 1.88 bits per heavy atom. The van der Waals surface area contributed by atoms with Crippen LogP contribution in [0.25, 0.3) is 0 Å². The Kier molecular flexibility index (Phi) is 5.16. The van der Waals surface area contributed by atoms with Crippen molar-refractivity contribution in [3.63, 3.8) is 0 Å². The molecular weight excluding hydrogens is 302 g/mol. The van der Waals surface area contributed by atoms with Crippen LogP contribution in [0.2, 0.25) is 0 Å². The van der Waals surface area contributed by atoms with Crippen molar-refractivity contribution < 1.29 is 14.6 Å². The van der Waals surface area contributed by atoms with Gasteiger partial charge in [0.25, 0.3) is 0 Å². The van der Waals surface area contributed by atoms with Crippen molar-refractivity contribution in [2.24, 2.45) is 5.92 Å². The summed E-state index contributed by atoms with van der Waals surface area (Å²) in [5, 5.41) is 13.2. The summed E-state index contributed by atoms with van der Waals surface area (Å²) < 4.78 is 5.17. The lowest BCUT2D eigenvalue weighted by atomic mass is 9.93. The van der Waals surface area contributed by atoms with Gasteiger partial charge in [0, 0.05) is 6.54 Å². The van der Waals surface area contributed by atoms with Crippen molar-refractivity contribution >= 4 is 5.91 Å². The molecule has 2 unspecified atom stereocenters. The fourth-order valence-corrected chi connectivity index (χ4v) is 3.00. The van der Waals surface area contributed by atoms with Gasteiger partial charge in [-0.15, -0.1) is 0 Å². The van der Waals surface area contributed by atoms with Crippen LogP contribution in [0, 0.1) is 5.92 Å². The molecular formula is C20H23NO3. The Hall–Kier alpha value is -2.33. The lowest BCUT2D eigenvalue weighted by Gasteiger charge is -2.19. The van der Waals surface area contributed by atoms with Gasteiger partial charge in [-0.1, -0.05) is 42.5 Å².